The molecule has 0 amide bonds. The molecule has 1 atom stereocenters. The Balaban J connectivity index is 2.13. The van der Waals surface area contributed by atoms with Crippen LogP contribution >= 0.6 is 0 Å². The van der Waals surface area contributed by atoms with Gasteiger partial charge in [0.15, 0.2) is 6.29 Å². The summed E-state index contributed by atoms with van der Waals surface area (Å²) >= 11 is 0. The first-order valence-corrected chi connectivity index (χ1v) is 6.59. The smallest absolute Gasteiger partial charge is 0.199 e. The third-order valence-corrected chi connectivity index (χ3v) is 3.21. The second-order valence-corrected chi connectivity index (χ2v) is 4.96. The van der Waals surface area contributed by atoms with E-state index in [9.17, 15) is 0 Å². The molecule has 0 aromatic heterocycles. The highest BCUT2D eigenvalue weighted by Gasteiger charge is 2.16. The van der Waals surface area contributed by atoms with Gasteiger partial charge >= 0.3 is 0 Å². The Kier molecular flexibility index (Phi) is 4.28. The average molecular weight is 244 g/mol. The summed E-state index contributed by atoms with van der Waals surface area (Å²) in [5, 5.41) is 0. The van der Waals surface area contributed by atoms with Gasteiger partial charge in [0.05, 0.1) is 6.61 Å². The van der Waals surface area contributed by atoms with Crippen LogP contribution in [0.25, 0.3) is 0 Å². The van der Waals surface area contributed by atoms with E-state index in [4.69, 9.17) is 15.9 Å². The molecule has 0 bridgehead atoms. The van der Waals surface area contributed by atoms with Crippen LogP contribution in [0.5, 0.6) is 5.75 Å². The first-order chi connectivity index (χ1) is 8.70. The van der Waals surface area contributed by atoms with Crippen LogP contribution < -0.4 is 4.74 Å². The number of ether oxygens (including phenoxy) is 2. The Morgan fingerprint density at radius 1 is 1.39 bits per heavy atom. The maximum absolute atomic E-state index is 5.85. The molecule has 1 fully saturated rings. The molecule has 0 N–H and O–H groups in total. The van der Waals surface area contributed by atoms with Crippen LogP contribution in [-0.4, -0.2) is 12.9 Å². The lowest BCUT2D eigenvalue weighted by molar-refractivity contribution is -0.105. The Morgan fingerprint density at radius 2 is 2.22 bits per heavy atom. The maximum Gasteiger partial charge on any atom is 0.199 e. The quantitative estimate of drug-likeness (QED) is 0.755. The molecule has 1 saturated heterocycles. The highest BCUT2D eigenvalue weighted by atomic mass is 16.7. The highest BCUT2D eigenvalue weighted by Crippen LogP contribution is 2.26. The molecule has 96 valence electrons. The van der Waals surface area contributed by atoms with Crippen molar-refractivity contribution in [1.82, 2.24) is 0 Å². The highest BCUT2D eigenvalue weighted by molar-refractivity contribution is 5.45. The molecule has 2 heteroatoms. The fourth-order valence-corrected chi connectivity index (χ4v) is 2.18. The summed E-state index contributed by atoms with van der Waals surface area (Å²) in [4.78, 5) is 0. The van der Waals surface area contributed by atoms with E-state index in [0.717, 1.165) is 36.3 Å². The van der Waals surface area contributed by atoms with Crippen LogP contribution in [0.1, 0.15) is 50.2 Å². The zero-order valence-corrected chi connectivity index (χ0v) is 11.1. The molecule has 1 heterocycles. The van der Waals surface area contributed by atoms with Crippen LogP contribution in [0.3, 0.4) is 0 Å². The molecule has 0 radical (unpaired) electrons. The van der Waals surface area contributed by atoms with E-state index in [1.807, 2.05) is 18.2 Å². The number of rotatable bonds is 3. The summed E-state index contributed by atoms with van der Waals surface area (Å²) in [6.07, 6.45) is 8.67. The molecule has 0 aliphatic carbocycles. The summed E-state index contributed by atoms with van der Waals surface area (Å²) < 4.78 is 11.4. The molecule has 1 aromatic rings. The van der Waals surface area contributed by atoms with Crippen LogP contribution in [-0.2, 0) is 4.74 Å². The van der Waals surface area contributed by atoms with E-state index in [0.29, 0.717) is 5.92 Å². The minimum atomic E-state index is -0.101. The van der Waals surface area contributed by atoms with Gasteiger partial charge in [0, 0.05) is 12.0 Å². The molecular formula is C16H20O2. The van der Waals surface area contributed by atoms with E-state index in [2.05, 4.69) is 19.8 Å². The Bertz CT molecular complexity index is 437. The molecule has 1 aliphatic heterocycles. The van der Waals surface area contributed by atoms with Gasteiger partial charge in [0.2, 0.25) is 0 Å². The molecular weight excluding hydrogens is 224 g/mol. The summed E-state index contributed by atoms with van der Waals surface area (Å²) in [5.74, 6) is 3.97. The monoisotopic (exact) mass is 244 g/mol. The molecule has 1 aromatic carbocycles. The zero-order valence-electron chi connectivity index (χ0n) is 11.1. The van der Waals surface area contributed by atoms with Crippen molar-refractivity contribution in [2.45, 2.75) is 45.3 Å². The van der Waals surface area contributed by atoms with Crippen molar-refractivity contribution in [1.29, 1.82) is 0 Å². The molecule has 2 rings (SSSR count). The Labute approximate surface area is 109 Å². The van der Waals surface area contributed by atoms with E-state index < -0.39 is 0 Å². The molecule has 1 aliphatic rings. The van der Waals surface area contributed by atoms with E-state index in [1.165, 1.54) is 6.42 Å². The Hall–Kier alpha value is -1.46. The fraction of sp³-hybridized carbons (Fsp3) is 0.500. The van der Waals surface area contributed by atoms with Crippen LogP contribution in [0.2, 0.25) is 0 Å². The SMILES string of the molecule is C#Cc1ccc(OC2CCCCO2)cc1C(C)C. The molecule has 2 nitrogen and oxygen atoms in total. The lowest BCUT2D eigenvalue weighted by Crippen LogP contribution is -2.25. The van der Waals surface area contributed by atoms with Gasteiger partial charge in [-0.05, 0) is 42.5 Å². The van der Waals surface area contributed by atoms with Gasteiger partial charge in [0.25, 0.3) is 0 Å². The topological polar surface area (TPSA) is 18.5 Å². The molecule has 0 saturated carbocycles. The second-order valence-electron chi connectivity index (χ2n) is 4.96. The minimum Gasteiger partial charge on any atom is -0.465 e. The largest absolute Gasteiger partial charge is 0.465 e. The lowest BCUT2D eigenvalue weighted by Gasteiger charge is -2.24. The summed E-state index contributed by atoms with van der Waals surface area (Å²) in [6.45, 7) is 5.07. The normalized spacial score (nSPS) is 19.6. The van der Waals surface area contributed by atoms with Gasteiger partial charge < -0.3 is 9.47 Å². The Morgan fingerprint density at radius 3 is 2.83 bits per heavy atom. The number of benzene rings is 1. The van der Waals surface area contributed by atoms with E-state index in [1.54, 1.807) is 0 Å². The minimum absolute atomic E-state index is 0.101. The zero-order chi connectivity index (χ0) is 13.0. The van der Waals surface area contributed by atoms with Gasteiger partial charge in [-0.2, -0.15) is 0 Å². The van der Waals surface area contributed by atoms with Crippen molar-refractivity contribution in [3.8, 4) is 18.1 Å². The molecule has 18 heavy (non-hydrogen) atoms. The standard InChI is InChI=1S/C16H20O2/c1-4-13-8-9-14(11-15(13)12(2)3)18-16-7-5-6-10-17-16/h1,8-9,11-12,16H,5-7,10H2,2-3H3. The van der Waals surface area contributed by atoms with Gasteiger partial charge in [-0.25, -0.2) is 0 Å². The van der Waals surface area contributed by atoms with Crippen LogP contribution in [0.4, 0.5) is 0 Å². The maximum atomic E-state index is 5.85. The van der Waals surface area contributed by atoms with Gasteiger partial charge in [0.1, 0.15) is 5.75 Å². The first-order valence-electron chi connectivity index (χ1n) is 6.59. The third-order valence-electron chi connectivity index (χ3n) is 3.21. The van der Waals surface area contributed by atoms with E-state index in [-0.39, 0.29) is 6.29 Å². The van der Waals surface area contributed by atoms with Crippen molar-refractivity contribution in [3.05, 3.63) is 29.3 Å². The summed E-state index contributed by atoms with van der Waals surface area (Å²) in [6, 6.07) is 5.92. The van der Waals surface area contributed by atoms with Crippen molar-refractivity contribution < 1.29 is 9.47 Å². The van der Waals surface area contributed by atoms with Crippen molar-refractivity contribution in [2.24, 2.45) is 0 Å². The van der Waals surface area contributed by atoms with E-state index >= 15 is 0 Å². The predicted molar refractivity (Wildman–Crippen MR) is 72.7 cm³/mol. The van der Waals surface area contributed by atoms with Crippen molar-refractivity contribution >= 4 is 0 Å². The summed E-state index contributed by atoms with van der Waals surface area (Å²) in [7, 11) is 0. The summed E-state index contributed by atoms with van der Waals surface area (Å²) in [5.41, 5.74) is 2.10. The van der Waals surface area contributed by atoms with Crippen LogP contribution in [0, 0.1) is 12.3 Å². The van der Waals surface area contributed by atoms with Crippen molar-refractivity contribution in [2.75, 3.05) is 6.61 Å². The number of hydrogen-bond donors (Lipinski definition) is 0. The number of hydrogen-bond acceptors (Lipinski definition) is 2. The van der Waals surface area contributed by atoms with Crippen LogP contribution in [0.15, 0.2) is 18.2 Å². The van der Waals surface area contributed by atoms with Gasteiger partial charge in [-0.1, -0.05) is 19.8 Å². The lowest BCUT2D eigenvalue weighted by atomic mass is 9.97. The van der Waals surface area contributed by atoms with Gasteiger partial charge in [-0.15, -0.1) is 6.42 Å². The molecule has 0 spiro atoms. The second kappa shape index (κ2) is 5.93. The molecule has 1 unspecified atom stereocenters. The fourth-order valence-electron chi connectivity index (χ4n) is 2.18. The predicted octanol–water partition coefficient (Wildman–Crippen LogP) is 3.70. The third kappa shape index (κ3) is 3.05. The first kappa shape index (κ1) is 13.0. The van der Waals surface area contributed by atoms with Gasteiger partial charge in [-0.3, -0.25) is 0 Å². The number of terminal acetylenes is 1. The average Bonchev–Trinajstić information content (AvgIpc) is 2.40. The van der Waals surface area contributed by atoms with Crippen molar-refractivity contribution in [3.63, 3.8) is 0 Å².